The molecule has 4 aromatic rings. The summed E-state index contributed by atoms with van der Waals surface area (Å²) < 4.78 is 6.79. The van der Waals surface area contributed by atoms with Gasteiger partial charge in [-0.25, -0.2) is 9.50 Å². The highest BCUT2D eigenvalue weighted by Crippen LogP contribution is 2.24. The lowest BCUT2D eigenvalue weighted by Gasteiger charge is -2.17. The highest BCUT2D eigenvalue weighted by molar-refractivity contribution is 5.98. The second-order valence-electron chi connectivity index (χ2n) is 7.76. The zero-order chi connectivity index (χ0) is 23.5. The van der Waals surface area contributed by atoms with E-state index in [1.54, 1.807) is 30.5 Å². The number of nitrogens with one attached hydrogen (secondary N) is 2. The molecular weight excluding hydrogens is 436 g/mol. The van der Waals surface area contributed by atoms with Crippen molar-refractivity contribution in [3.05, 3.63) is 89.1 Å². The molecule has 0 saturated carbocycles. The fraction of sp³-hybridized carbons (Fsp3) is 0.167. The number of hydrogen-bond acceptors (Lipinski definition) is 7. The van der Waals surface area contributed by atoms with Crippen LogP contribution in [0.25, 0.3) is 5.65 Å². The van der Waals surface area contributed by atoms with E-state index in [4.69, 9.17) is 4.74 Å². The average molecular weight is 456 g/mol. The molecule has 0 bridgehead atoms. The predicted molar refractivity (Wildman–Crippen MR) is 120 cm³/mol. The third kappa shape index (κ3) is 4.46. The zero-order valence-electron chi connectivity index (χ0n) is 18.0. The van der Waals surface area contributed by atoms with Crippen LogP contribution in [0.1, 0.15) is 37.8 Å². The second-order valence-corrected chi connectivity index (χ2v) is 7.76. The van der Waals surface area contributed by atoms with Crippen molar-refractivity contribution in [1.29, 1.82) is 0 Å². The van der Waals surface area contributed by atoms with Crippen molar-refractivity contribution in [2.45, 2.75) is 19.5 Å². The van der Waals surface area contributed by atoms with Crippen LogP contribution in [0.3, 0.4) is 0 Å². The molecule has 10 heteroatoms. The number of ketones is 1. The largest absolute Gasteiger partial charge is 0.486 e. The number of benzene rings is 1. The van der Waals surface area contributed by atoms with Crippen LogP contribution in [0.5, 0.6) is 5.75 Å². The Bertz CT molecular complexity index is 1400. The van der Waals surface area contributed by atoms with Crippen LogP contribution in [0.2, 0.25) is 0 Å². The molecule has 0 fully saturated rings. The van der Waals surface area contributed by atoms with E-state index in [0.29, 0.717) is 23.5 Å². The topological polar surface area (TPSA) is 128 Å². The number of amides is 2. The first-order valence-electron chi connectivity index (χ1n) is 10.6. The van der Waals surface area contributed by atoms with Gasteiger partial charge in [-0.05, 0) is 29.8 Å². The Balaban J connectivity index is 1.31. The molecule has 1 aromatic carbocycles. The summed E-state index contributed by atoms with van der Waals surface area (Å²) in [7, 11) is 0. The van der Waals surface area contributed by atoms with Crippen LogP contribution < -0.4 is 15.4 Å². The molecule has 34 heavy (non-hydrogen) atoms. The predicted octanol–water partition coefficient (Wildman–Crippen LogP) is 1.49. The number of pyridine rings is 1. The summed E-state index contributed by atoms with van der Waals surface area (Å²) in [4.78, 5) is 45.9. The number of carbonyl (C=O) groups excluding carboxylic acids is 3. The number of rotatable bonds is 6. The number of nitrogens with zero attached hydrogens (tertiary/aromatic N) is 4. The molecule has 0 saturated heterocycles. The van der Waals surface area contributed by atoms with Crippen LogP contribution in [0, 0.1) is 0 Å². The molecule has 10 nitrogen and oxygen atoms in total. The minimum Gasteiger partial charge on any atom is -0.486 e. The molecule has 0 spiro atoms. The average Bonchev–Trinajstić information content (AvgIpc) is 3.34. The summed E-state index contributed by atoms with van der Waals surface area (Å²) in [5.41, 5.74) is 2.97. The molecule has 2 N–H and O–H groups in total. The number of fused-ring (bicyclic) bond motifs is 2. The van der Waals surface area contributed by atoms with Crippen LogP contribution in [0.15, 0.2) is 60.9 Å². The van der Waals surface area contributed by atoms with Gasteiger partial charge in [-0.3, -0.25) is 19.4 Å². The molecule has 1 aliphatic rings. The Morgan fingerprint density at radius 2 is 1.88 bits per heavy atom. The quantitative estimate of drug-likeness (QED) is 0.450. The van der Waals surface area contributed by atoms with Gasteiger partial charge in [-0.2, -0.15) is 5.10 Å². The first kappa shape index (κ1) is 21.3. The lowest BCUT2D eigenvalue weighted by molar-refractivity contribution is -0.121. The summed E-state index contributed by atoms with van der Waals surface area (Å²) in [6, 6.07) is 13.9. The molecule has 2 amide bonds. The minimum absolute atomic E-state index is 0.0147. The third-order valence-electron chi connectivity index (χ3n) is 5.34. The molecule has 1 aliphatic heterocycles. The van der Waals surface area contributed by atoms with Gasteiger partial charge in [0.2, 0.25) is 0 Å². The standard InChI is InChI=1S/C24H20N6O4/c31-18-10-16-9-15(4-5-21(16)34-14-18)12-26-23(32)19-11-20(30-22(29-19)6-8-28-30)24(33)27-13-17-3-1-2-7-25-17/h1-9,11H,10,12-14H2,(H,26,32)(H,27,33). The summed E-state index contributed by atoms with van der Waals surface area (Å²) in [5, 5.41) is 9.75. The van der Waals surface area contributed by atoms with Gasteiger partial charge < -0.3 is 15.4 Å². The Hall–Kier alpha value is -4.60. The van der Waals surface area contributed by atoms with Gasteiger partial charge in [0.15, 0.2) is 11.4 Å². The van der Waals surface area contributed by atoms with E-state index < -0.39 is 11.8 Å². The van der Waals surface area contributed by atoms with Crippen molar-refractivity contribution in [2.24, 2.45) is 0 Å². The fourth-order valence-electron chi connectivity index (χ4n) is 3.67. The maximum atomic E-state index is 12.9. The van der Waals surface area contributed by atoms with E-state index in [1.807, 2.05) is 18.2 Å². The van der Waals surface area contributed by atoms with E-state index in [9.17, 15) is 14.4 Å². The molecule has 4 heterocycles. The molecule has 0 radical (unpaired) electrons. The van der Waals surface area contributed by atoms with Crippen molar-refractivity contribution in [3.63, 3.8) is 0 Å². The van der Waals surface area contributed by atoms with Gasteiger partial charge in [-0.1, -0.05) is 12.1 Å². The smallest absolute Gasteiger partial charge is 0.270 e. The fourth-order valence-corrected chi connectivity index (χ4v) is 3.67. The lowest BCUT2D eigenvalue weighted by Crippen LogP contribution is -2.28. The Morgan fingerprint density at radius 1 is 1.00 bits per heavy atom. The number of aromatic nitrogens is 4. The lowest BCUT2D eigenvalue weighted by atomic mass is 10.0. The van der Waals surface area contributed by atoms with Crippen LogP contribution >= 0.6 is 0 Å². The zero-order valence-corrected chi connectivity index (χ0v) is 18.0. The number of ether oxygens (including phenoxy) is 1. The van der Waals surface area contributed by atoms with Gasteiger partial charge in [-0.15, -0.1) is 0 Å². The Kier molecular flexibility index (Phi) is 5.69. The third-order valence-corrected chi connectivity index (χ3v) is 5.34. The van der Waals surface area contributed by atoms with Crippen molar-refractivity contribution in [2.75, 3.05) is 6.61 Å². The summed E-state index contributed by atoms with van der Waals surface area (Å²) >= 11 is 0. The van der Waals surface area contributed by atoms with Crippen LogP contribution in [0.4, 0.5) is 0 Å². The van der Waals surface area contributed by atoms with Gasteiger partial charge >= 0.3 is 0 Å². The molecule has 170 valence electrons. The Morgan fingerprint density at radius 3 is 2.74 bits per heavy atom. The Labute approximate surface area is 194 Å². The number of Topliss-reactive ketones (excluding diaryl/α,β-unsaturated/α-hetero) is 1. The normalized spacial score (nSPS) is 12.6. The minimum atomic E-state index is -0.437. The van der Waals surface area contributed by atoms with Crippen LogP contribution in [-0.4, -0.2) is 43.8 Å². The van der Waals surface area contributed by atoms with Gasteiger partial charge in [0.1, 0.15) is 23.7 Å². The van der Waals surface area contributed by atoms with E-state index in [1.165, 1.54) is 16.8 Å². The van der Waals surface area contributed by atoms with E-state index in [-0.39, 0.29) is 36.9 Å². The van der Waals surface area contributed by atoms with Crippen molar-refractivity contribution in [3.8, 4) is 5.75 Å². The van der Waals surface area contributed by atoms with E-state index in [0.717, 1.165) is 11.1 Å². The van der Waals surface area contributed by atoms with Gasteiger partial charge in [0, 0.05) is 36.9 Å². The summed E-state index contributed by atoms with van der Waals surface area (Å²) in [5.74, 6) is -0.146. The van der Waals surface area contributed by atoms with E-state index >= 15 is 0 Å². The highest BCUT2D eigenvalue weighted by Gasteiger charge is 2.19. The molecule has 5 rings (SSSR count). The monoisotopic (exact) mass is 456 g/mol. The summed E-state index contributed by atoms with van der Waals surface area (Å²) in [6.45, 7) is 0.550. The maximum Gasteiger partial charge on any atom is 0.270 e. The summed E-state index contributed by atoms with van der Waals surface area (Å²) in [6.07, 6.45) is 3.47. The first-order valence-corrected chi connectivity index (χ1v) is 10.6. The number of hydrogen-bond donors (Lipinski definition) is 2. The SMILES string of the molecule is O=C1COc2ccc(CNC(=O)c3cc(C(=O)NCc4ccccn4)n4nccc4n3)cc2C1. The van der Waals surface area contributed by atoms with Crippen LogP contribution in [-0.2, 0) is 24.3 Å². The highest BCUT2D eigenvalue weighted by atomic mass is 16.5. The molecular formula is C24H20N6O4. The molecule has 3 aromatic heterocycles. The number of carbonyl (C=O) groups is 3. The molecule has 0 unspecified atom stereocenters. The van der Waals surface area contributed by atoms with Crippen molar-refractivity contribution >= 4 is 23.2 Å². The van der Waals surface area contributed by atoms with E-state index in [2.05, 4.69) is 25.7 Å². The molecule has 0 atom stereocenters. The molecule has 0 aliphatic carbocycles. The first-order chi connectivity index (χ1) is 16.6. The second kappa shape index (κ2) is 9.10. The van der Waals surface area contributed by atoms with Crippen molar-refractivity contribution < 1.29 is 19.1 Å². The van der Waals surface area contributed by atoms with Crippen molar-refractivity contribution in [1.82, 2.24) is 30.2 Å². The van der Waals surface area contributed by atoms with Gasteiger partial charge in [0.05, 0.1) is 18.4 Å². The van der Waals surface area contributed by atoms with Gasteiger partial charge in [0.25, 0.3) is 11.8 Å². The maximum absolute atomic E-state index is 12.9.